The number of amides is 1. The van der Waals surface area contributed by atoms with E-state index in [1.165, 1.54) is 5.56 Å². The van der Waals surface area contributed by atoms with Gasteiger partial charge in [-0.25, -0.2) is 4.79 Å². The number of anilines is 1. The zero-order valence-corrected chi connectivity index (χ0v) is 20.6. The predicted molar refractivity (Wildman–Crippen MR) is 130 cm³/mol. The number of benzene rings is 2. The summed E-state index contributed by atoms with van der Waals surface area (Å²) in [5.41, 5.74) is 2.04. The number of fused-ring (bicyclic) bond motifs is 2. The SMILES string of the molecule is CCc1ccc(NC(=O)C23CCC(C)(C(=NOC(=O)c4ccc(Br)cc4)C2)C3(C)C)cc1. The maximum Gasteiger partial charge on any atom is 0.365 e. The first-order valence-corrected chi connectivity index (χ1v) is 11.9. The highest BCUT2D eigenvalue weighted by Gasteiger charge is 2.71. The van der Waals surface area contributed by atoms with Crippen LogP contribution >= 0.6 is 15.9 Å². The lowest BCUT2D eigenvalue weighted by molar-refractivity contribution is -0.130. The largest absolute Gasteiger partial charge is 0.365 e. The van der Waals surface area contributed by atoms with Gasteiger partial charge in [-0.1, -0.05) is 60.9 Å². The van der Waals surface area contributed by atoms with Crippen molar-refractivity contribution < 1.29 is 14.4 Å². The molecule has 0 spiro atoms. The highest BCUT2D eigenvalue weighted by Crippen LogP contribution is 2.71. The minimum absolute atomic E-state index is 0.0138. The van der Waals surface area contributed by atoms with Gasteiger partial charge < -0.3 is 10.2 Å². The number of oxime groups is 1. The molecule has 2 saturated carbocycles. The van der Waals surface area contributed by atoms with Gasteiger partial charge in [0, 0.05) is 22.0 Å². The Hall–Kier alpha value is -2.47. The van der Waals surface area contributed by atoms with Crippen LogP contribution in [0.4, 0.5) is 5.69 Å². The minimum atomic E-state index is -0.589. The highest BCUT2D eigenvalue weighted by molar-refractivity contribution is 9.10. The zero-order chi connectivity index (χ0) is 23.1. The van der Waals surface area contributed by atoms with E-state index in [1.54, 1.807) is 24.3 Å². The molecule has 0 heterocycles. The number of nitrogens with one attached hydrogen (secondary N) is 1. The van der Waals surface area contributed by atoms with Crippen LogP contribution in [0.1, 0.15) is 62.9 Å². The Bertz CT molecular complexity index is 1080. The Morgan fingerprint density at radius 1 is 1.03 bits per heavy atom. The summed E-state index contributed by atoms with van der Waals surface area (Å²) in [6.07, 6.45) is 3.07. The average molecular weight is 497 g/mol. The van der Waals surface area contributed by atoms with Crippen LogP contribution in [0.25, 0.3) is 0 Å². The third-order valence-electron chi connectivity index (χ3n) is 8.11. The molecule has 2 aromatic rings. The topological polar surface area (TPSA) is 67.8 Å². The standard InChI is InChI=1S/C26H29BrN2O3/c1-5-17-6-12-20(13-7-17)28-23(31)26-15-14-25(4,24(26,2)3)21(16-26)29-32-22(30)18-8-10-19(27)11-9-18/h6-13H,5,14-16H2,1-4H3,(H,28,31). The van der Waals surface area contributed by atoms with Gasteiger partial charge in [0.05, 0.1) is 16.7 Å². The van der Waals surface area contributed by atoms with E-state index in [4.69, 9.17) is 4.84 Å². The quantitative estimate of drug-likeness (QED) is 0.385. The molecular formula is C26H29BrN2O3. The Balaban J connectivity index is 1.56. The Morgan fingerprint density at radius 2 is 1.69 bits per heavy atom. The molecule has 5 nitrogen and oxygen atoms in total. The van der Waals surface area contributed by atoms with Gasteiger partial charge in [-0.3, -0.25) is 4.79 Å². The molecular weight excluding hydrogens is 468 g/mol. The summed E-state index contributed by atoms with van der Waals surface area (Å²) in [5.74, 6) is -0.483. The van der Waals surface area contributed by atoms with E-state index < -0.39 is 11.4 Å². The smallest absolute Gasteiger partial charge is 0.326 e. The molecule has 4 rings (SSSR count). The molecule has 168 valence electrons. The molecule has 2 unspecified atom stereocenters. The first kappa shape index (κ1) is 22.7. The molecule has 2 aliphatic carbocycles. The van der Waals surface area contributed by atoms with Crippen LogP contribution in [0.15, 0.2) is 58.2 Å². The Labute approximate surface area is 197 Å². The fourth-order valence-corrected chi connectivity index (χ4v) is 5.60. The van der Waals surface area contributed by atoms with Gasteiger partial charge in [0.25, 0.3) is 0 Å². The molecule has 0 aromatic heterocycles. The molecule has 2 aromatic carbocycles. The van der Waals surface area contributed by atoms with E-state index >= 15 is 0 Å². The van der Waals surface area contributed by atoms with Crippen LogP contribution in [0.2, 0.25) is 0 Å². The van der Waals surface area contributed by atoms with Crippen molar-refractivity contribution in [1.82, 2.24) is 0 Å². The number of aryl methyl sites for hydroxylation is 1. The van der Waals surface area contributed by atoms with E-state index in [0.717, 1.165) is 35.1 Å². The number of hydrogen-bond acceptors (Lipinski definition) is 4. The maximum absolute atomic E-state index is 13.6. The van der Waals surface area contributed by atoms with Crippen molar-refractivity contribution in [3.63, 3.8) is 0 Å². The monoisotopic (exact) mass is 496 g/mol. The van der Waals surface area contributed by atoms with Gasteiger partial charge in [-0.15, -0.1) is 0 Å². The molecule has 6 heteroatoms. The van der Waals surface area contributed by atoms with Gasteiger partial charge in [0.15, 0.2) is 0 Å². The van der Waals surface area contributed by atoms with Crippen molar-refractivity contribution in [2.45, 2.75) is 53.4 Å². The van der Waals surface area contributed by atoms with Gasteiger partial charge in [0.2, 0.25) is 5.91 Å². The maximum atomic E-state index is 13.6. The molecule has 0 aliphatic heterocycles. The van der Waals surface area contributed by atoms with Crippen LogP contribution in [-0.4, -0.2) is 17.6 Å². The lowest BCUT2D eigenvalue weighted by Crippen LogP contribution is -2.43. The number of nitrogens with zero attached hydrogens (tertiary/aromatic N) is 1. The minimum Gasteiger partial charge on any atom is -0.326 e. The van der Waals surface area contributed by atoms with Crippen molar-refractivity contribution in [1.29, 1.82) is 0 Å². The summed E-state index contributed by atoms with van der Waals surface area (Å²) in [5, 5.41) is 7.44. The Kier molecular flexibility index (Phi) is 5.78. The summed E-state index contributed by atoms with van der Waals surface area (Å²) < 4.78 is 0.889. The number of carbonyl (C=O) groups excluding carboxylic acids is 2. The second kappa shape index (κ2) is 8.14. The number of rotatable bonds is 5. The first-order valence-electron chi connectivity index (χ1n) is 11.1. The molecule has 2 aliphatic rings. The third-order valence-corrected chi connectivity index (χ3v) is 8.64. The normalized spacial score (nSPS) is 26.8. The molecule has 1 amide bonds. The predicted octanol–water partition coefficient (Wildman–Crippen LogP) is 6.38. The van der Waals surface area contributed by atoms with Crippen LogP contribution in [0.3, 0.4) is 0 Å². The van der Waals surface area contributed by atoms with E-state index in [2.05, 4.69) is 54.1 Å². The highest BCUT2D eigenvalue weighted by atomic mass is 79.9. The van der Waals surface area contributed by atoms with Crippen LogP contribution in [-0.2, 0) is 16.1 Å². The summed E-state index contributed by atoms with van der Waals surface area (Å²) >= 11 is 3.36. The fourth-order valence-electron chi connectivity index (χ4n) is 5.33. The molecule has 2 fully saturated rings. The van der Waals surface area contributed by atoms with E-state index in [1.807, 2.05) is 24.3 Å². The lowest BCUT2D eigenvalue weighted by Gasteiger charge is -2.39. The number of halogens is 1. The van der Waals surface area contributed by atoms with Crippen molar-refractivity contribution in [3.8, 4) is 0 Å². The van der Waals surface area contributed by atoms with Crippen LogP contribution in [0.5, 0.6) is 0 Å². The fraction of sp³-hybridized carbons (Fsp3) is 0.423. The van der Waals surface area contributed by atoms with E-state index in [0.29, 0.717) is 12.0 Å². The summed E-state index contributed by atoms with van der Waals surface area (Å²) in [4.78, 5) is 31.4. The van der Waals surface area contributed by atoms with Gasteiger partial charge in [0.1, 0.15) is 0 Å². The van der Waals surface area contributed by atoms with Crippen molar-refractivity contribution in [2.75, 3.05) is 5.32 Å². The summed E-state index contributed by atoms with van der Waals surface area (Å²) in [6.45, 7) is 8.52. The molecule has 0 saturated heterocycles. The molecule has 0 radical (unpaired) electrons. The number of carbonyl (C=O) groups is 2. The second-order valence-corrected chi connectivity index (χ2v) is 10.6. The van der Waals surface area contributed by atoms with Crippen molar-refractivity contribution in [2.24, 2.45) is 21.4 Å². The summed E-state index contributed by atoms with van der Waals surface area (Å²) in [6, 6.07) is 15.0. The van der Waals surface area contributed by atoms with Gasteiger partial charge in [-0.05, 0) is 66.6 Å². The van der Waals surface area contributed by atoms with E-state index in [9.17, 15) is 9.59 Å². The van der Waals surface area contributed by atoms with E-state index in [-0.39, 0.29) is 16.7 Å². The van der Waals surface area contributed by atoms with Gasteiger partial charge >= 0.3 is 5.97 Å². The third kappa shape index (κ3) is 3.49. The summed E-state index contributed by atoms with van der Waals surface area (Å²) in [7, 11) is 0. The molecule has 2 atom stereocenters. The second-order valence-electron chi connectivity index (χ2n) is 9.64. The van der Waals surface area contributed by atoms with Crippen molar-refractivity contribution in [3.05, 3.63) is 64.1 Å². The lowest BCUT2D eigenvalue weighted by atomic mass is 9.64. The molecule has 2 bridgehead atoms. The van der Waals surface area contributed by atoms with Crippen LogP contribution < -0.4 is 5.32 Å². The average Bonchev–Trinajstić information content (AvgIpc) is 3.09. The molecule has 32 heavy (non-hydrogen) atoms. The number of hydrogen-bond donors (Lipinski definition) is 1. The Morgan fingerprint density at radius 3 is 2.31 bits per heavy atom. The first-order chi connectivity index (χ1) is 15.1. The zero-order valence-electron chi connectivity index (χ0n) is 19.0. The van der Waals surface area contributed by atoms with Crippen LogP contribution in [0, 0.1) is 16.2 Å². The molecule has 1 N–H and O–H groups in total. The van der Waals surface area contributed by atoms with Gasteiger partial charge in [-0.2, -0.15) is 0 Å². The van der Waals surface area contributed by atoms with Crippen molar-refractivity contribution >= 4 is 39.2 Å².